The summed E-state index contributed by atoms with van der Waals surface area (Å²) in [5.74, 6) is 0. The summed E-state index contributed by atoms with van der Waals surface area (Å²) in [4.78, 5) is 2.42. The molecule has 0 spiro atoms. The number of aromatic nitrogens is 1. The molecule has 58 heavy (non-hydrogen) atoms. The largest absolute Gasteiger partial charge is 0.310 e. The van der Waals surface area contributed by atoms with E-state index in [1.807, 2.05) is 0 Å². The van der Waals surface area contributed by atoms with Crippen molar-refractivity contribution in [3.63, 3.8) is 0 Å². The zero-order valence-electron chi connectivity index (χ0n) is 32.7. The first-order valence-corrected chi connectivity index (χ1v) is 20.0. The Morgan fingerprint density at radius 2 is 0.810 bits per heavy atom. The maximum atomic E-state index is 2.48. The van der Waals surface area contributed by atoms with E-state index in [-0.39, 0.29) is 0 Å². The lowest BCUT2D eigenvalue weighted by Crippen LogP contribution is -2.10. The number of hydrogen-bond donors (Lipinski definition) is 0. The predicted octanol–water partition coefficient (Wildman–Crippen LogP) is 15.5. The predicted molar refractivity (Wildman–Crippen MR) is 247 cm³/mol. The third-order valence-corrected chi connectivity index (χ3v) is 11.4. The molecule has 1 heterocycles. The minimum atomic E-state index is 1.10. The second kappa shape index (κ2) is 14.9. The van der Waals surface area contributed by atoms with E-state index in [1.165, 1.54) is 66.4 Å². The van der Waals surface area contributed by atoms with Crippen LogP contribution in [-0.4, -0.2) is 4.57 Å². The van der Waals surface area contributed by atoms with E-state index in [2.05, 4.69) is 242 Å². The molecule has 0 radical (unpaired) electrons. The van der Waals surface area contributed by atoms with Crippen molar-refractivity contribution >= 4 is 38.9 Å². The molecule has 0 aliphatic carbocycles. The van der Waals surface area contributed by atoms with E-state index in [1.54, 1.807) is 0 Å². The highest BCUT2D eigenvalue weighted by molar-refractivity contribution is 6.17. The van der Waals surface area contributed by atoms with Crippen molar-refractivity contribution in [1.29, 1.82) is 0 Å². The van der Waals surface area contributed by atoms with E-state index >= 15 is 0 Å². The van der Waals surface area contributed by atoms with Crippen LogP contribution in [0.15, 0.2) is 218 Å². The Bertz CT molecular complexity index is 2930. The van der Waals surface area contributed by atoms with Gasteiger partial charge in [-0.2, -0.15) is 0 Å². The van der Waals surface area contributed by atoms with Crippen molar-refractivity contribution < 1.29 is 0 Å². The number of para-hydroxylation sites is 1. The zero-order chi connectivity index (χ0) is 39.0. The van der Waals surface area contributed by atoms with E-state index < -0.39 is 0 Å². The molecule has 0 saturated heterocycles. The molecular formula is C56H42N2. The van der Waals surface area contributed by atoms with Crippen molar-refractivity contribution in [3.05, 3.63) is 230 Å². The van der Waals surface area contributed by atoms with Gasteiger partial charge in [0.1, 0.15) is 0 Å². The number of anilines is 3. The highest BCUT2D eigenvalue weighted by Crippen LogP contribution is 2.46. The van der Waals surface area contributed by atoms with Crippen LogP contribution < -0.4 is 4.90 Å². The van der Waals surface area contributed by atoms with Crippen molar-refractivity contribution in [2.45, 2.75) is 13.8 Å². The minimum Gasteiger partial charge on any atom is -0.310 e. The van der Waals surface area contributed by atoms with Crippen LogP contribution in [0.1, 0.15) is 11.1 Å². The van der Waals surface area contributed by atoms with Crippen molar-refractivity contribution in [2.24, 2.45) is 0 Å². The number of hydrogen-bond acceptors (Lipinski definition) is 1. The molecular weight excluding hydrogens is 701 g/mol. The van der Waals surface area contributed by atoms with Crippen LogP contribution in [-0.2, 0) is 0 Å². The second-order valence-corrected chi connectivity index (χ2v) is 15.1. The smallest absolute Gasteiger partial charge is 0.0562 e. The van der Waals surface area contributed by atoms with Gasteiger partial charge in [0.25, 0.3) is 0 Å². The molecule has 0 saturated carbocycles. The molecule has 1 aromatic heterocycles. The first-order chi connectivity index (χ1) is 28.6. The maximum Gasteiger partial charge on any atom is 0.0562 e. The van der Waals surface area contributed by atoms with Crippen molar-refractivity contribution in [3.8, 4) is 50.2 Å². The Morgan fingerprint density at radius 3 is 1.40 bits per heavy atom. The van der Waals surface area contributed by atoms with Gasteiger partial charge in [-0.25, -0.2) is 0 Å². The number of rotatable bonds is 8. The number of nitrogens with zero attached hydrogens (tertiary/aromatic N) is 2. The Hall–Kier alpha value is -7.42. The first kappa shape index (κ1) is 35.0. The summed E-state index contributed by atoms with van der Waals surface area (Å²) in [5.41, 5.74) is 18.9. The van der Waals surface area contributed by atoms with Crippen LogP contribution in [0, 0.1) is 13.8 Å². The molecule has 0 fully saturated rings. The molecule has 10 aromatic rings. The summed E-state index contributed by atoms with van der Waals surface area (Å²) in [6.45, 7) is 4.30. The van der Waals surface area contributed by atoms with Gasteiger partial charge in [0.15, 0.2) is 0 Å². The van der Waals surface area contributed by atoms with Gasteiger partial charge in [-0.15, -0.1) is 0 Å². The second-order valence-electron chi connectivity index (χ2n) is 15.1. The molecule has 0 bridgehead atoms. The van der Waals surface area contributed by atoms with Gasteiger partial charge in [-0.3, -0.25) is 0 Å². The normalized spacial score (nSPS) is 11.3. The average molecular weight is 743 g/mol. The van der Waals surface area contributed by atoms with Crippen molar-refractivity contribution in [2.75, 3.05) is 4.90 Å². The van der Waals surface area contributed by atoms with Gasteiger partial charge in [0, 0.05) is 27.7 Å². The quantitative estimate of drug-likeness (QED) is 0.150. The molecule has 9 aromatic carbocycles. The highest BCUT2D eigenvalue weighted by atomic mass is 15.1. The Labute approximate surface area is 340 Å². The van der Waals surface area contributed by atoms with Crippen LogP contribution in [0.2, 0.25) is 0 Å². The maximum absolute atomic E-state index is 2.48. The molecule has 0 amide bonds. The summed E-state index contributed by atoms with van der Waals surface area (Å²) in [6, 6.07) is 79.5. The highest BCUT2D eigenvalue weighted by Gasteiger charge is 2.23. The lowest BCUT2D eigenvalue weighted by molar-refractivity contribution is 1.18. The molecule has 0 N–H and O–H groups in total. The zero-order valence-corrected chi connectivity index (χ0v) is 32.7. The Morgan fingerprint density at radius 1 is 0.345 bits per heavy atom. The van der Waals surface area contributed by atoms with Crippen LogP contribution in [0.4, 0.5) is 17.1 Å². The number of benzene rings is 9. The van der Waals surface area contributed by atoms with Gasteiger partial charge in [-0.1, -0.05) is 181 Å². The fourth-order valence-corrected chi connectivity index (χ4v) is 8.46. The van der Waals surface area contributed by atoms with Crippen LogP contribution in [0.25, 0.3) is 72.0 Å². The molecule has 10 rings (SSSR count). The van der Waals surface area contributed by atoms with E-state index in [0.717, 1.165) is 33.8 Å². The van der Waals surface area contributed by atoms with E-state index in [4.69, 9.17) is 0 Å². The third kappa shape index (κ3) is 6.35. The molecule has 2 nitrogen and oxygen atoms in total. The fraction of sp³-hybridized carbons (Fsp3) is 0.0357. The lowest BCUT2D eigenvalue weighted by Gasteiger charge is -2.27. The number of aryl methyl sites for hydroxylation is 2. The fourth-order valence-electron chi connectivity index (χ4n) is 8.46. The molecule has 0 atom stereocenters. The van der Waals surface area contributed by atoms with Gasteiger partial charge < -0.3 is 9.47 Å². The minimum absolute atomic E-state index is 1.10. The SMILES string of the molecule is Cc1ccc(-c2cccc(-n3c4ccccc4c4c(N(c5ccc(-c6ccccc6)cc5)c5ccc(-c6ccccc6)cc5)cccc43)c2-c2ccc(C)cc2)cc1. The summed E-state index contributed by atoms with van der Waals surface area (Å²) in [7, 11) is 0. The molecule has 0 unspecified atom stereocenters. The topological polar surface area (TPSA) is 8.17 Å². The first-order valence-electron chi connectivity index (χ1n) is 20.0. The summed E-state index contributed by atoms with van der Waals surface area (Å²) in [6.07, 6.45) is 0. The Balaban J connectivity index is 1.22. The third-order valence-electron chi connectivity index (χ3n) is 11.4. The van der Waals surface area contributed by atoms with E-state index in [9.17, 15) is 0 Å². The van der Waals surface area contributed by atoms with E-state index in [0.29, 0.717) is 0 Å². The Kier molecular flexibility index (Phi) is 9.01. The van der Waals surface area contributed by atoms with Gasteiger partial charge in [-0.05, 0) is 101 Å². The summed E-state index contributed by atoms with van der Waals surface area (Å²) in [5, 5.41) is 2.41. The molecule has 2 heteroatoms. The number of fused-ring (bicyclic) bond motifs is 3. The van der Waals surface area contributed by atoms with Gasteiger partial charge >= 0.3 is 0 Å². The molecule has 276 valence electrons. The van der Waals surface area contributed by atoms with Crippen LogP contribution >= 0.6 is 0 Å². The monoisotopic (exact) mass is 742 g/mol. The average Bonchev–Trinajstić information content (AvgIpc) is 3.63. The molecule has 0 aliphatic heterocycles. The standard InChI is InChI=1S/C56H42N2/c1-39-23-27-45(28-24-39)49-18-11-20-52(55(49)46-29-25-40(2)26-30-46)58-51-19-10-9-17-50(51)56-53(21-12-22-54(56)58)57(47-35-31-43(32-36-47)41-13-5-3-6-14-41)48-37-33-44(34-38-48)42-15-7-4-8-16-42/h3-38H,1-2H3. The summed E-state index contributed by atoms with van der Waals surface area (Å²) >= 11 is 0. The molecule has 0 aliphatic rings. The lowest BCUT2D eigenvalue weighted by atomic mass is 9.92. The van der Waals surface area contributed by atoms with Crippen LogP contribution in [0.3, 0.4) is 0 Å². The van der Waals surface area contributed by atoms with Gasteiger partial charge in [0.2, 0.25) is 0 Å². The van der Waals surface area contributed by atoms with Crippen molar-refractivity contribution in [1.82, 2.24) is 4.57 Å². The summed E-state index contributed by atoms with van der Waals surface area (Å²) < 4.78 is 2.48. The van der Waals surface area contributed by atoms with Gasteiger partial charge in [0.05, 0.1) is 22.4 Å². The van der Waals surface area contributed by atoms with Crippen LogP contribution in [0.5, 0.6) is 0 Å².